The summed E-state index contributed by atoms with van der Waals surface area (Å²) >= 11 is 0. The standard InChI is InChI=1S/C16H22N2O/c1-13(12-14-8-4-2-5-9-14)17-18-16(19)15-10-6-3-7-11-15/h2,4-5,8-9,15H,3,6-7,10-12H2,1H3,(H,18,19)/b17-13-. The maximum Gasteiger partial charge on any atom is 0.243 e. The fourth-order valence-electron chi connectivity index (χ4n) is 2.54. The minimum absolute atomic E-state index is 0.0899. The van der Waals surface area contributed by atoms with Crippen molar-refractivity contribution in [1.82, 2.24) is 5.43 Å². The van der Waals surface area contributed by atoms with E-state index in [0.29, 0.717) is 0 Å². The Bertz CT molecular complexity index is 433. The molecule has 0 aliphatic heterocycles. The van der Waals surface area contributed by atoms with Gasteiger partial charge in [0.05, 0.1) is 0 Å². The van der Waals surface area contributed by atoms with Crippen molar-refractivity contribution in [3.05, 3.63) is 35.9 Å². The van der Waals surface area contributed by atoms with Crippen molar-refractivity contribution in [2.75, 3.05) is 0 Å². The lowest BCUT2D eigenvalue weighted by Gasteiger charge is -2.19. The summed E-state index contributed by atoms with van der Waals surface area (Å²) in [6.07, 6.45) is 6.42. The predicted molar refractivity (Wildman–Crippen MR) is 78.0 cm³/mol. The number of hydrazone groups is 1. The lowest BCUT2D eigenvalue weighted by atomic mass is 9.89. The van der Waals surface area contributed by atoms with Crippen LogP contribution in [0.4, 0.5) is 0 Å². The van der Waals surface area contributed by atoms with Crippen molar-refractivity contribution in [2.45, 2.75) is 45.4 Å². The molecule has 0 saturated heterocycles. The summed E-state index contributed by atoms with van der Waals surface area (Å²) in [4.78, 5) is 11.9. The molecule has 0 spiro atoms. The van der Waals surface area contributed by atoms with Crippen LogP contribution in [0.3, 0.4) is 0 Å². The summed E-state index contributed by atoms with van der Waals surface area (Å²) in [5.74, 6) is 0.258. The van der Waals surface area contributed by atoms with E-state index < -0.39 is 0 Å². The number of carbonyl (C=O) groups excluding carboxylic acids is 1. The van der Waals surface area contributed by atoms with Crippen LogP contribution in [0.5, 0.6) is 0 Å². The largest absolute Gasteiger partial charge is 0.273 e. The third-order valence-electron chi connectivity index (χ3n) is 3.64. The van der Waals surface area contributed by atoms with Gasteiger partial charge in [0, 0.05) is 18.1 Å². The van der Waals surface area contributed by atoms with E-state index in [-0.39, 0.29) is 11.8 Å². The van der Waals surface area contributed by atoms with Crippen LogP contribution in [-0.4, -0.2) is 11.6 Å². The molecule has 3 heteroatoms. The molecule has 1 aromatic carbocycles. The minimum atomic E-state index is 0.0899. The zero-order valence-corrected chi connectivity index (χ0v) is 11.6. The van der Waals surface area contributed by atoms with Gasteiger partial charge < -0.3 is 0 Å². The summed E-state index contributed by atoms with van der Waals surface area (Å²) in [6.45, 7) is 1.95. The summed E-state index contributed by atoms with van der Waals surface area (Å²) in [7, 11) is 0. The second-order valence-corrected chi connectivity index (χ2v) is 5.32. The number of hydrogen-bond acceptors (Lipinski definition) is 2. The summed E-state index contributed by atoms with van der Waals surface area (Å²) in [5, 5.41) is 4.21. The molecule has 0 heterocycles. The molecule has 1 saturated carbocycles. The van der Waals surface area contributed by atoms with E-state index >= 15 is 0 Å². The molecule has 0 bridgehead atoms. The Balaban J connectivity index is 1.82. The molecule has 0 unspecified atom stereocenters. The second kappa shape index (κ2) is 7.07. The monoisotopic (exact) mass is 258 g/mol. The third-order valence-corrected chi connectivity index (χ3v) is 3.64. The Kier molecular flexibility index (Phi) is 5.13. The molecule has 0 radical (unpaired) electrons. The predicted octanol–water partition coefficient (Wildman–Crippen LogP) is 3.30. The minimum Gasteiger partial charge on any atom is -0.273 e. The van der Waals surface area contributed by atoms with Crippen LogP contribution in [0.15, 0.2) is 35.4 Å². The number of carbonyl (C=O) groups is 1. The van der Waals surface area contributed by atoms with Gasteiger partial charge in [-0.3, -0.25) is 4.79 Å². The van der Waals surface area contributed by atoms with E-state index in [1.807, 2.05) is 25.1 Å². The number of nitrogens with one attached hydrogen (secondary N) is 1. The summed E-state index contributed by atoms with van der Waals surface area (Å²) in [6, 6.07) is 10.2. The van der Waals surface area contributed by atoms with Crippen LogP contribution in [0.1, 0.15) is 44.6 Å². The Morgan fingerprint density at radius 1 is 1.21 bits per heavy atom. The highest BCUT2D eigenvalue weighted by atomic mass is 16.2. The zero-order valence-electron chi connectivity index (χ0n) is 11.6. The highest BCUT2D eigenvalue weighted by Gasteiger charge is 2.20. The van der Waals surface area contributed by atoms with E-state index in [1.165, 1.54) is 24.8 Å². The van der Waals surface area contributed by atoms with E-state index in [1.54, 1.807) is 0 Å². The van der Waals surface area contributed by atoms with Crippen LogP contribution in [0, 0.1) is 5.92 Å². The average Bonchev–Trinajstić information content (AvgIpc) is 2.47. The van der Waals surface area contributed by atoms with Gasteiger partial charge in [0.1, 0.15) is 0 Å². The molecule has 1 aromatic rings. The number of rotatable bonds is 4. The first-order chi connectivity index (χ1) is 9.25. The normalized spacial score (nSPS) is 17.2. The van der Waals surface area contributed by atoms with Crippen LogP contribution >= 0.6 is 0 Å². The van der Waals surface area contributed by atoms with Gasteiger partial charge in [-0.15, -0.1) is 0 Å². The van der Waals surface area contributed by atoms with Crippen LogP contribution in [-0.2, 0) is 11.2 Å². The number of hydrogen-bond donors (Lipinski definition) is 1. The molecular formula is C16H22N2O. The quantitative estimate of drug-likeness (QED) is 0.653. The van der Waals surface area contributed by atoms with Crippen molar-refractivity contribution >= 4 is 11.6 Å². The van der Waals surface area contributed by atoms with Crippen molar-refractivity contribution in [2.24, 2.45) is 11.0 Å². The maximum absolute atomic E-state index is 11.9. The number of benzene rings is 1. The highest BCUT2D eigenvalue weighted by molar-refractivity contribution is 5.86. The first-order valence-electron chi connectivity index (χ1n) is 7.12. The van der Waals surface area contributed by atoms with Crippen molar-refractivity contribution in [1.29, 1.82) is 0 Å². The SMILES string of the molecule is C/C(Cc1ccccc1)=N/NC(=O)C1CCCCC1. The number of nitrogens with zero attached hydrogens (tertiary/aromatic N) is 1. The fourth-order valence-corrected chi connectivity index (χ4v) is 2.54. The summed E-state index contributed by atoms with van der Waals surface area (Å²) < 4.78 is 0. The molecule has 0 aromatic heterocycles. The van der Waals surface area contributed by atoms with E-state index in [2.05, 4.69) is 22.7 Å². The Labute approximate surface area is 115 Å². The van der Waals surface area contributed by atoms with Gasteiger partial charge in [-0.05, 0) is 25.3 Å². The highest BCUT2D eigenvalue weighted by Crippen LogP contribution is 2.23. The Morgan fingerprint density at radius 3 is 2.58 bits per heavy atom. The van der Waals surface area contributed by atoms with Crippen molar-refractivity contribution in [3.8, 4) is 0 Å². The van der Waals surface area contributed by atoms with Crippen LogP contribution in [0.25, 0.3) is 0 Å². The van der Waals surface area contributed by atoms with Gasteiger partial charge in [-0.1, -0.05) is 49.6 Å². The molecule has 19 heavy (non-hydrogen) atoms. The molecule has 1 amide bonds. The molecule has 3 nitrogen and oxygen atoms in total. The van der Waals surface area contributed by atoms with Gasteiger partial charge in [0.2, 0.25) is 5.91 Å². The summed E-state index contributed by atoms with van der Waals surface area (Å²) in [5.41, 5.74) is 4.88. The van der Waals surface area contributed by atoms with Gasteiger partial charge in [0.25, 0.3) is 0 Å². The van der Waals surface area contributed by atoms with Gasteiger partial charge >= 0.3 is 0 Å². The van der Waals surface area contributed by atoms with E-state index in [4.69, 9.17) is 0 Å². The topological polar surface area (TPSA) is 41.5 Å². The number of amides is 1. The van der Waals surface area contributed by atoms with E-state index in [9.17, 15) is 4.79 Å². The molecule has 1 aliphatic carbocycles. The smallest absolute Gasteiger partial charge is 0.243 e. The fraction of sp³-hybridized carbons (Fsp3) is 0.500. The van der Waals surface area contributed by atoms with Crippen LogP contribution < -0.4 is 5.43 Å². The molecule has 1 N–H and O–H groups in total. The Morgan fingerprint density at radius 2 is 1.89 bits per heavy atom. The molecule has 1 aliphatic rings. The lowest BCUT2D eigenvalue weighted by Crippen LogP contribution is -2.29. The molecule has 102 valence electrons. The van der Waals surface area contributed by atoms with E-state index in [0.717, 1.165) is 25.0 Å². The second-order valence-electron chi connectivity index (χ2n) is 5.32. The maximum atomic E-state index is 11.9. The molecule has 0 atom stereocenters. The zero-order chi connectivity index (χ0) is 13.5. The van der Waals surface area contributed by atoms with Crippen molar-refractivity contribution in [3.63, 3.8) is 0 Å². The van der Waals surface area contributed by atoms with Crippen molar-refractivity contribution < 1.29 is 4.79 Å². The Hall–Kier alpha value is -1.64. The molecule has 2 rings (SSSR count). The van der Waals surface area contributed by atoms with Gasteiger partial charge in [-0.2, -0.15) is 5.10 Å². The third kappa shape index (κ3) is 4.51. The average molecular weight is 258 g/mol. The van der Waals surface area contributed by atoms with Gasteiger partial charge in [0.15, 0.2) is 0 Å². The first kappa shape index (κ1) is 13.8. The van der Waals surface area contributed by atoms with Crippen LogP contribution in [0.2, 0.25) is 0 Å². The van der Waals surface area contributed by atoms with Gasteiger partial charge in [-0.25, -0.2) is 5.43 Å². The lowest BCUT2D eigenvalue weighted by molar-refractivity contribution is -0.125. The molecule has 1 fully saturated rings. The molecular weight excluding hydrogens is 236 g/mol. The first-order valence-corrected chi connectivity index (χ1v) is 7.12.